The lowest BCUT2D eigenvalue weighted by Gasteiger charge is -2.19. The van der Waals surface area contributed by atoms with E-state index in [2.05, 4.69) is 47.4 Å². The molecule has 144 valence electrons. The number of carboxylic acid groups (broad SMARTS) is 1. The fraction of sp³-hybridized carbons (Fsp3) is 0.167. The van der Waals surface area contributed by atoms with E-state index < -0.39 is 11.5 Å². The molecule has 0 saturated carbocycles. The smallest absolute Gasteiger partial charge is 0.332 e. The first-order valence-electron chi connectivity index (χ1n) is 9.56. The highest BCUT2D eigenvalue weighted by Crippen LogP contribution is 2.35. The number of nitrogens with one attached hydrogen (secondary N) is 1. The van der Waals surface area contributed by atoms with Crippen molar-refractivity contribution >= 4 is 44.5 Å². The molecule has 0 aliphatic carbocycles. The van der Waals surface area contributed by atoms with Gasteiger partial charge in [0, 0.05) is 28.9 Å². The third kappa shape index (κ3) is 3.21. The quantitative estimate of drug-likeness (QED) is 0.495. The maximum Gasteiger partial charge on any atom is 0.332 e. The summed E-state index contributed by atoms with van der Waals surface area (Å²) >= 11 is 1.52. The number of hydrogen-bond acceptors (Lipinski definition) is 3. The molecule has 0 bridgehead atoms. The number of fused-ring (bicyclic) bond motifs is 2. The number of rotatable bonds is 4. The summed E-state index contributed by atoms with van der Waals surface area (Å²) in [7, 11) is 0. The van der Waals surface area contributed by atoms with Crippen molar-refractivity contribution < 1.29 is 9.90 Å². The maximum absolute atomic E-state index is 12.3. The van der Waals surface area contributed by atoms with Crippen LogP contribution in [0.2, 0.25) is 0 Å². The van der Waals surface area contributed by atoms with Crippen LogP contribution in [0.4, 0.5) is 0 Å². The van der Waals surface area contributed by atoms with Gasteiger partial charge in [-0.3, -0.25) is 4.99 Å². The van der Waals surface area contributed by atoms with E-state index >= 15 is 0 Å². The average molecular weight is 401 g/mol. The molecule has 1 aliphatic heterocycles. The van der Waals surface area contributed by atoms with Gasteiger partial charge in [0.05, 0.1) is 5.04 Å². The van der Waals surface area contributed by atoms with Crippen molar-refractivity contribution in [1.29, 1.82) is 0 Å². The van der Waals surface area contributed by atoms with E-state index in [0.29, 0.717) is 12.2 Å². The van der Waals surface area contributed by atoms with Crippen molar-refractivity contribution in [3.05, 3.63) is 83.6 Å². The van der Waals surface area contributed by atoms with E-state index in [1.165, 1.54) is 17.3 Å². The van der Waals surface area contributed by atoms with Crippen LogP contribution in [-0.4, -0.2) is 32.4 Å². The minimum atomic E-state index is -1.15. The van der Waals surface area contributed by atoms with Gasteiger partial charge in [-0.25, -0.2) is 4.79 Å². The Hall–Kier alpha value is -3.05. The molecular weight excluding hydrogens is 380 g/mol. The average Bonchev–Trinajstić information content (AvgIpc) is 3.32. The predicted molar refractivity (Wildman–Crippen MR) is 120 cm³/mol. The number of carbonyl (C=O) groups is 1. The first kappa shape index (κ1) is 18.0. The molecule has 0 fully saturated rings. The SMILES string of the molecule is Cc1ccc2cc(CC3(C(=O)O)CSC(c4ccc5ccccc5c4)=N3)[nH]c2c1. The third-order valence-corrected chi connectivity index (χ3v) is 6.70. The van der Waals surface area contributed by atoms with Gasteiger partial charge in [0.25, 0.3) is 0 Å². The third-order valence-electron chi connectivity index (χ3n) is 5.47. The van der Waals surface area contributed by atoms with E-state index in [9.17, 15) is 9.90 Å². The molecule has 5 rings (SSSR count). The van der Waals surface area contributed by atoms with Gasteiger partial charge in [-0.15, -0.1) is 11.8 Å². The van der Waals surface area contributed by atoms with Gasteiger partial charge in [0.1, 0.15) is 0 Å². The van der Waals surface area contributed by atoms with Crippen LogP contribution in [0.25, 0.3) is 21.7 Å². The number of H-pyrrole nitrogens is 1. The van der Waals surface area contributed by atoms with Crippen LogP contribution in [0.15, 0.2) is 71.7 Å². The Balaban J connectivity index is 1.51. The molecule has 1 aromatic heterocycles. The molecule has 0 spiro atoms. The highest BCUT2D eigenvalue weighted by molar-refractivity contribution is 8.14. The number of aromatic amines is 1. The van der Waals surface area contributed by atoms with Gasteiger partial charge >= 0.3 is 5.97 Å². The minimum Gasteiger partial charge on any atom is -0.479 e. The van der Waals surface area contributed by atoms with Crippen molar-refractivity contribution in [2.75, 3.05) is 5.75 Å². The monoisotopic (exact) mass is 400 g/mol. The number of nitrogens with zero attached hydrogens (tertiary/aromatic N) is 1. The summed E-state index contributed by atoms with van der Waals surface area (Å²) in [5, 5.41) is 14.2. The molecule has 1 unspecified atom stereocenters. The molecule has 4 nitrogen and oxygen atoms in total. The topological polar surface area (TPSA) is 65.4 Å². The lowest BCUT2D eigenvalue weighted by atomic mass is 9.96. The molecule has 29 heavy (non-hydrogen) atoms. The fourth-order valence-corrected chi connectivity index (χ4v) is 5.10. The predicted octanol–water partition coefficient (Wildman–Crippen LogP) is 5.19. The molecule has 2 N–H and O–H groups in total. The van der Waals surface area contributed by atoms with Crippen molar-refractivity contribution in [3.63, 3.8) is 0 Å². The second-order valence-electron chi connectivity index (χ2n) is 7.67. The second-order valence-corrected chi connectivity index (χ2v) is 8.63. The first-order chi connectivity index (χ1) is 14.0. The minimum absolute atomic E-state index is 0.347. The zero-order chi connectivity index (χ0) is 20.0. The summed E-state index contributed by atoms with van der Waals surface area (Å²) < 4.78 is 0. The number of thioether (sulfide) groups is 1. The summed E-state index contributed by atoms with van der Waals surface area (Å²) in [5.41, 5.74) is 2.93. The van der Waals surface area contributed by atoms with Crippen LogP contribution in [0.5, 0.6) is 0 Å². The summed E-state index contributed by atoms with van der Waals surface area (Å²) in [4.78, 5) is 20.4. The summed E-state index contributed by atoms with van der Waals surface area (Å²) in [6.07, 6.45) is 0.347. The van der Waals surface area contributed by atoms with Gasteiger partial charge in [0.15, 0.2) is 5.54 Å². The van der Waals surface area contributed by atoms with Gasteiger partial charge in [0.2, 0.25) is 0 Å². The van der Waals surface area contributed by atoms with Gasteiger partial charge in [-0.2, -0.15) is 0 Å². The van der Waals surface area contributed by atoms with Gasteiger partial charge < -0.3 is 10.1 Å². The van der Waals surface area contributed by atoms with E-state index in [1.807, 2.05) is 31.2 Å². The van der Waals surface area contributed by atoms with Crippen molar-refractivity contribution in [3.8, 4) is 0 Å². The Kier molecular flexibility index (Phi) is 4.21. The summed E-state index contributed by atoms with van der Waals surface area (Å²) in [6.45, 7) is 2.05. The zero-order valence-corrected chi connectivity index (χ0v) is 16.8. The standard InChI is InChI=1S/C24H20N2O2S/c1-15-6-7-18-12-20(25-21(18)10-15)13-24(23(27)28)14-29-22(26-24)19-9-8-16-4-2-3-5-17(16)11-19/h2-12,25H,13-14H2,1H3,(H,27,28). The largest absolute Gasteiger partial charge is 0.479 e. The van der Waals surface area contributed by atoms with Crippen LogP contribution >= 0.6 is 11.8 Å². The lowest BCUT2D eigenvalue weighted by Crippen LogP contribution is -2.39. The number of aromatic nitrogens is 1. The molecule has 2 heterocycles. The van der Waals surface area contributed by atoms with E-state index in [0.717, 1.165) is 38.0 Å². The molecule has 3 aromatic carbocycles. The van der Waals surface area contributed by atoms with Crippen LogP contribution in [0, 0.1) is 6.92 Å². The number of aryl methyl sites for hydroxylation is 1. The Morgan fingerprint density at radius 1 is 1.07 bits per heavy atom. The number of hydrogen-bond donors (Lipinski definition) is 2. The molecule has 4 aromatic rings. The zero-order valence-electron chi connectivity index (χ0n) is 16.0. The van der Waals surface area contributed by atoms with Crippen molar-refractivity contribution in [1.82, 2.24) is 4.98 Å². The second kappa shape index (κ2) is 6.78. The van der Waals surface area contributed by atoms with E-state index in [-0.39, 0.29) is 0 Å². The number of aliphatic carboxylic acids is 1. The Morgan fingerprint density at radius 3 is 2.69 bits per heavy atom. The summed E-state index contributed by atoms with van der Waals surface area (Å²) in [5.74, 6) is -0.450. The maximum atomic E-state index is 12.3. The van der Waals surface area contributed by atoms with Crippen LogP contribution in [0.3, 0.4) is 0 Å². The van der Waals surface area contributed by atoms with E-state index in [1.54, 1.807) is 0 Å². The van der Waals surface area contributed by atoms with Gasteiger partial charge in [-0.1, -0.05) is 48.5 Å². The van der Waals surface area contributed by atoms with Crippen molar-refractivity contribution in [2.45, 2.75) is 18.9 Å². The van der Waals surface area contributed by atoms with Crippen LogP contribution < -0.4 is 0 Å². The molecule has 0 amide bonds. The molecule has 0 saturated heterocycles. The van der Waals surface area contributed by atoms with Gasteiger partial charge in [-0.05, 0) is 46.8 Å². The molecule has 5 heteroatoms. The van der Waals surface area contributed by atoms with Crippen LogP contribution in [0.1, 0.15) is 16.8 Å². The normalized spacial score (nSPS) is 19.0. The number of aliphatic imine (C=N–C) groups is 1. The Labute approximate surface area is 172 Å². The van der Waals surface area contributed by atoms with Crippen molar-refractivity contribution in [2.24, 2.45) is 4.99 Å². The first-order valence-corrected chi connectivity index (χ1v) is 10.5. The van der Waals surface area contributed by atoms with Crippen LogP contribution in [-0.2, 0) is 11.2 Å². The highest BCUT2D eigenvalue weighted by atomic mass is 32.2. The summed E-state index contributed by atoms with van der Waals surface area (Å²) in [6, 6.07) is 22.6. The number of benzene rings is 3. The molecule has 0 radical (unpaired) electrons. The Bertz CT molecular complexity index is 1290. The lowest BCUT2D eigenvalue weighted by molar-refractivity contribution is -0.142. The molecular formula is C24H20N2O2S. The highest BCUT2D eigenvalue weighted by Gasteiger charge is 2.43. The molecule has 1 aliphatic rings. The molecule has 1 atom stereocenters. The Morgan fingerprint density at radius 2 is 1.86 bits per heavy atom. The fourth-order valence-electron chi connectivity index (χ4n) is 3.90. The number of carboxylic acids is 1. The van der Waals surface area contributed by atoms with E-state index in [4.69, 9.17) is 4.99 Å².